The summed E-state index contributed by atoms with van der Waals surface area (Å²) in [5.74, 6) is 1.24. The lowest BCUT2D eigenvalue weighted by Crippen LogP contribution is -2.16. The SMILES string of the molecule is CO[C@@H]1CN[C@@H](c2nc(-c3ccc(Br)cc3)no2)C1. The van der Waals surface area contributed by atoms with Crippen molar-refractivity contribution in [3.05, 3.63) is 34.6 Å². The van der Waals surface area contributed by atoms with Crippen LogP contribution in [0.1, 0.15) is 18.4 Å². The van der Waals surface area contributed by atoms with Gasteiger partial charge in [0.05, 0.1) is 12.1 Å². The summed E-state index contributed by atoms with van der Waals surface area (Å²) in [6.45, 7) is 0.817. The summed E-state index contributed by atoms with van der Waals surface area (Å²) in [6, 6.07) is 7.92. The lowest BCUT2D eigenvalue weighted by Gasteiger charge is -2.04. The number of hydrogen-bond donors (Lipinski definition) is 1. The van der Waals surface area contributed by atoms with E-state index < -0.39 is 0 Å². The third-order valence-electron chi connectivity index (χ3n) is 3.27. The van der Waals surface area contributed by atoms with E-state index in [0.717, 1.165) is 23.0 Å². The normalized spacial score (nSPS) is 22.8. The fourth-order valence-electron chi connectivity index (χ4n) is 2.16. The molecule has 6 heteroatoms. The molecule has 19 heavy (non-hydrogen) atoms. The van der Waals surface area contributed by atoms with Crippen LogP contribution in [0.3, 0.4) is 0 Å². The summed E-state index contributed by atoms with van der Waals surface area (Å²) in [6.07, 6.45) is 1.08. The molecular weight excluding hydrogens is 310 g/mol. The highest BCUT2D eigenvalue weighted by Crippen LogP contribution is 2.26. The first-order valence-electron chi connectivity index (χ1n) is 6.12. The minimum Gasteiger partial charge on any atom is -0.380 e. The van der Waals surface area contributed by atoms with E-state index in [1.807, 2.05) is 24.3 Å². The molecule has 1 aromatic heterocycles. The number of nitrogens with one attached hydrogen (secondary N) is 1. The molecule has 1 aliphatic rings. The fourth-order valence-corrected chi connectivity index (χ4v) is 2.43. The molecule has 0 saturated carbocycles. The van der Waals surface area contributed by atoms with Crippen molar-refractivity contribution in [2.75, 3.05) is 13.7 Å². The Morgan fingerprint density at radius 2 is 2.16 bits per heavy atom. The maximum absolute atomic E-state index is 5.34. The van der Waals surface area contributed by atoms with Crippen LogP contribution in [0.5, 0.6) is 0 Å². The Kier molecular flexibility index (Phi) is 3.63. The molecule has 1 N–H and O–H groups in total. The van der Waals surface area contributed by atoms with E-state index >= 15 is 0 Å². The van der Waals surface area contributed by atoms with Crippen molar-refractivity contribution in [3.63, 3.8) is 0 Å². The topological polar surface area (TPSA) is 60.2 Å². The second kappa shape index (κ2) is 5.40. The van der Waals surface area contributed by atoms with Gasteiger partial charge in [-0.05, 0) is 30.7 Å². The molecular formula is C13H14BrN3O2. The minimum absolute atomic E-state index is 0.0849. The van der Waals surface area contributed by atoms with Crippen LogP contribution in [0.25, 0.3) is 11.4 Å². The van der Waals surface area contributed by atoms with Crippen LogP contribution >= 0.6 is 15.9 Å². The quantitative estimate of drug-likeness (QED) is 0.940. The first-order valence-corrected chi connectivity index (χ1v) is 6.91. The van der Waals surface area contributed by atoms with Crippen molar-refractivity contribution >= 4 is 15.9 Å². The molecule has 100 valence electrons. The van der Waals surface area contributed by atoms with Crippen LogP contribution in [-0.4, -0.2) is 29.9 Å². The molecule has 5 nitrogen and oxygen atoms in total. The Balaban J connectivity index is 1.78. The van der Waals surface area contributed by atoms with Crippen molar-refractivity contribution in [2.45, 2.75) is 18.6 Å². The second-order valence-electron chi connectivity index (χ2n) is 4.52. The molecule has 0 amide bonds. The molecule has 1 saturated heterocycles. The standard InChI is InChI=1S/C13H14BrN3O2/c1-18-10-6-11(15-7-10)13-16-12(17-19-13)8-2-4-9(14)5-3-8/h2-5,10-11,15H,6-7H2,1H3/t10-,11+/m0/s1. The molecule has 0 spiro atoms. The van der Waals surface area contributed by atoms with Gasteiger partial charge in [-0.25, -0.2) is 0 Å². The second-order valence-corrected chi connectivity index (χ2v) is 5.43. The van der Waals surface area contributed by atoms with Crippen LogP contribution in [0, 0.1) is 0 Å². The van der Waals surface area contributed by atoms with Gasteiger partial charge in [0.1, 0.15) is 0 Å². The van der Waals surface area contributed by atoms with E-state index in [2.05, 4.69) is 31.4 Å². The molecule has 0 radical (unpaired) electrons. The van der Waals surface area contributed by atoms with E-state index in [4.69, 9.17) is 9.26 Å². The van der Waals surface area contributed by atoms with E-state index in [0.29, 0.717) is 11.7 Å². The zero-order valence-corrected chi connectivity index (χ0v) is 12.1. The van der Waals surface area contributed by atoms with Crippen molar-refractivity contribution in [1.29, 1.82) is 0 Å². The first-order chi connectivity index (χ1) is 9.26. The Morgan fingerprint density at radius 1 is 1.37 bits per heavy atom. The van der Waals surface area contributed by atoms with Gasteiger partial charge < -0.3 is 14.6 Å². The van der Waals surface area contributed by atoms with Gasteiger partial charge in [0.15, 0.2) is 0 Å². The van der Waals surface area contributed by atoms with Crippen LogP contribution in [-0.2, 0) is 4.74 Å². The number of hydrogen-bond acceptors (Lipinski definition) is 5. The molecule has 0 aliphatic carbocycles. The molecule has 2 atom stereocenters. The molecule has 1 fully saturated rings. The highest BCUT2D eigenvalue weighted by molar-refractivity contribution is 9.10. The van der Waals surface area contributed by atoms with Crippen molar-refractivity contribution in [1.82, 2.24) is 15.5 Å². The van der Waals surface area contributed by atoms with Crippen molar-refractivity contribution in [3.8, 4) is 11.4 Å². The molecule has 0 bridgehead atoms. The molecule has 1 aliphatic heterocycles. The van der Waals surface area contributed by atoms with Crippen molar-refractivity contribution < 1.29 is 9.26 Å². The monoisotopic (exact) mass is 323 g/mol. The third kappa shape index (κ3) is 2.70. The van der Waals surface area contributed by atoms with Crippen LogP contribution < -0.4 is 5.32 Å². The van der Waals surface area contributed by atoms with Gasteiger partial charge in [0, 0.05) is 23.7 Å². The number of benzene rings is 1. The third-order valence-corrected chi connectivity index (χ3v) is 3.79. The molecule has 2 aromatic rings. The summed E-state index contributed by atoms with van der Waals surface area (Å²) >= 11 is 3.40. The van der Waals surface area contributed by atoms with Gasteiger partial charge in [0.25, 0.3) is 0 Å². The summed E-state index contributed by atoms with van der Waals surface area (Å²) in [4.78, 5) is 4.45. The lowest BCUT2D eigenvalue weighted by atomic mass is 10.2. The summed E-state index contributed by atoms with van der Waals surface area (Å²) in [5, 5.41) is 7.35. The number of nitrogens with zero attached hydrogens (tertiary/aromatic N) is 2. The highest BCUT2D eigenvalue weighted by atomic mass is 79.9. The maximum Gasteiger partial charge on any atom is 0.244 e. The minimum atomic E-state index is 0.0849. The lowest BCUT2D eigenvalue weighted by molar-refractivity contribution is 0.116. The molecule has 1 aromatic carbocycles. The maximum atomic E-state index is 5.34. The predicted molar refractivity (Wildman–Crippen MR) is 73.6 cm³/mol. The molecule has 0 unspecified atom stereocenters. The first kappa shape index (κ1) is 12.8. The molecule has 2 heterocycles. The van der Waals surface area contributed by atoms with Crippen LogP contribution in [0.4, 0.5) is 0 Å². The average Bonchev–Trinajstić information content (AvgIpc) is 3.08. The zero-order chi connectivity index (χ0) is 13.2. The van der Waals surface area contributed by atoms with Gasteiger partial charge >= 0.3 is 0 Å². The fraction of sp³-hybridized carbons (Fsp3) is 0.385. The Bertz CT molecular complexity index is 555. The van der Waals surface area contributed by atoms with Crippen LogP contribution in [0.2, 0.25) is 0 Å². The van der Waals surface area contributed by atoms with Gasteiger partial charge in [-0.2, -0.15) is 4.98 Å². The summed E-state index contributed by atoms with van der Waals surface area (Å²) in [5.41, 5.74) is 0.944. The summed E-state index contributed by atoms with van der Waals surface area (Å²) in [7, 11) is 1.72. The molecule has 3 rings (SSSR count). The van der Waals surface area contributed by atoms with Gasteiger partial charge in [-0.1, -0.05) is 21.1 Å². The van der Waals surface area contributed by atoms with E-state index in [1.165, 1.54) is 0 Å². The Hall–Kier alpha value is -1.24. The van der Waals surface area contributed by atoms with E-state index in [-0.39, 0.29) is 12.1 Å². The zero-order valence-electron chi connectivity index (χ0n) is 10.5. The van der Waals surface area contributed by atoms with Gasteiger partial charge in [-0.15, -0.1) is 0 Å². The van der Waals surface area contributed by atoms with Crippen LogP contribution in [0.15, 0.2) is 33.3 Å². The van der Waals surface area contributed by atoms with Gasteiger partial charge in [0.2, 0.25) is 11.7 Å². The number of methoxy groups -OCH3 is 1. The highest BCUT2D eigenvalue weighted by Gasteiger charge is 2.29. The Morgan fingerprint density at radius 3 is 2.84 bits per heavy atom. The average molecular weight is 324 g/mol. The van der Waals surface area contributed by atoms with Gasteiger partial charge in [-0.3, -0.25) is 0 Å². The predicted octanol–water partition coefficient (Wildman–Crippen LogP) is 2.55. The number of rotatable bonds is 3. The van der Waals surface area contributed by atoms with Crippen molar-refractivity contribution in [2.24, 2.45) is 0 Å². The largest absolute Gasteiger partial charge is 0.380 e. The number of aromatic nitrogens is 2. The van der Waals surface area contributed by atoms with E-state index in [9.17, 15) is 0 Å². The summed E-state index contributed by atoms with van der Waals surface area (Å²) < 4.78 is 11.7. The smallest absolute Gasteiger partial charge is 0.244 e. The Labute approximate surface area is 119 Å². The van der Waals surface area contributed by atoms with E-state index in [1.54, 1.807) is 7.11 Å². The number of ether oxygens (including phenoxy) is 1. The number of halogens is 1.